The lowest BCUT2D eigenvalue weighted by atomic mass is 10.2. The van der Waals surface area contributed by atoms with Gasteiger partial charge in [-0.3, -0.25) is 4.79 Å². The Morgan fingerprint density at radius 1 is 1.31 bits per heavy atom. The zero-order valence-corrected chi connectivity index (χ0v) is 16.0. The Hall–Kier alpha value is -2.16. The molecular weight excluding hydrogens is 378 g/mol. The lowest BCUT2D eigenvalue weighted by molar-refractivity contribution is 0.0950. The van der Waals surface area contributed by atoms with E-state index in [4.69, 9.17) is 16.3 Å². The molecule has 0 aliphatic carbocycles. The topological polar surface area (TPSA) is 97.4 Å². The predicted octanol–water partition coefficient (Wildman–Crippen LogP) is 2.36. The number of carbonyl (C=O) groups is 1. The second-order valence-electron chi connectivity index (χ2n) is 5.35. The molecule has 0 spiro atoms. The minimum atomic E-state index is -3.67. The minimum Gasteiger partial charge on any atom is -0.477 e. The Balaban J connectivity index is 2.18. The van der Waals surface area contributed by atoms with E-state index in [2.05, 4.69) is 15.0 Å². The van der Waals surface area contributed by atoms with Crippen molar-refractivity contribution in [2.24, 2.45) is 0 Å². The van der Waals surface area contributed by atoms with Gasteiger partial charge < -0.3 is 10.1 Å². The highest BCUT2D eigenvalue weighted by Crippen LogP contribution is 2.21. The number of nitrogens with zero attached hydrogens (tertiary/aromatic N) is 1. The fourth-order valence-electron chi connectivity index (χ4n) is 2.12. The summed E-state index contributed by atoms with van der Waals surface area (Å²) in [7, 11) is -2.38. The summed E-state index contributed by atoms with van der Waals surface area (Å²) in [6.45, 7) is 2.68. The molecule has 0 unspecified atom stereocenters. The Morgan fingerprint density at radius 2 is 2.08 bits per heavy atom. The van der Waals surface area contributed by atoms with Crippen LogP contribution in [0.4, 0.5) is 0 Å². The van der Waals surface area contributed by atoms with Gasteiger partial charge in [0.05, 0.1) is 22.1 Å². The summed E-state index contributed by atoms with van der Waals surface area (Å²) in [5.74, 6) is -0.0410. The molecule has 9 heteroatoms. The molecule has 0 saturated carbocycles. The number of benzene rings is 1. The van der Waals surface area contributed by atoms with E-state index in [0.717, 1.165) is 6.42 Å². The molecule has 1 amide bonds. The normalized spacial score (nSPS) is 11.2. The third-order valence-corrected chi connectivity index (χ3v) is 5.24. The van der Waals surface area contributed by atoms with Gasteiger partial charge in [0, 0.05) is 18.3 Å². The molecule has 0 atom stereocenters. The average Bonchev–Trinajstić information content (AvgIpc) is 2.65. The molecule has 2 N–H and O–H groups in total. The van der Waals surface area contributed by atoms with E-state index in [1.165, 1.54) is 25.2 Å². The van der Waals surface area contributed by atoms with Crippen LogP contribution in [0.2, 0.25) is 5.02 Å². The first-order valence-electron chi connectivity index (χ1n) is 7.97. The van der Waals surface area contributed by atoms with Gasteiger partial charge in [0.1, 0.15) is 0 Å². The van der Waals surface area contributed by atoms with E-state index in [1.54, 1.807) is 18.3 Å². The van der Waals surface area contributed by atoms with Crippen LogP contribution in [0.3, 0.4) is 0 Å². The molecule has 1 aromatic heterocycles. The maximum Gasteiger partial charge on any atom is 0.253 e. The van der Waals surface area contributed by atoms with Crippen molar-refractivity contribution < 1.29 is 17.9 Å². The molecule has 26 heavy (non-hydrogen) atoms. The maximum atomic E-state index is 12.5. The van der Waals surface area contributed by atoms with Crippen LogP contribution in [0.15, 0.2) is 41.4 Å². The van der Waals surface area contributed by atoms with Gasteiger partial charge in [-0.2, -0.15) is 0 Å². The molecule has 1 heterocycles. The van der Waals surface area contributed by atoms with Gasteiger partial charge in [0.25, 0.3) is 5.91 Å². The number of amides is 1. The summed E-state index contributed by atoms with van der Waals surface area (Å²) in [6.07, 6.45) is 2.45. The fourth-order valence-corrected chi connectivity index (χ4v) is 3.08. The van der Waals surface area contributed by atoms with E-state index >= 15 is 0 Å². The third kappa shape index (κ3) is 4.94. The molecular formula is C17H20ClN3O4S. The van der Waals surface area contributed by atoms with Crippen molar-refractivity contribution in [3.63, 3.8) is 0 Å². The lowest BCUT2D eigenvalue weighted by Gasteiger charge is -2.12. The zero-order chi connectivity index (χ0) is 19.2. The first-order chi connectivity index (χ1) is 12.4. The molecule has 0 saturated heterocycles. The number of nitrogens with one attached hydrogen (secondary N) is 2. The SMILES string of the molecule is CCCOc1ncccc1CNC(=O)c1cc(S(=O)(=O)NC)ccc1Cl. The molecule has 7 nitrogen and oxygen atoms in total. The number of hydrogen-bond donors (Lipinski definition) is 2. The van der Waals surface area contributed by atoms with E-state index in [0.29, 0.717) is 18.1 Å². The number of carbonyl (C=O) groups excluding carboxylic acids is 1. The van der Waals surface area contributed by atoms with Crippen LogP contribution in [0.5, 0.6) is 5.88 Å². The molecule has 2 rings (SSSR count). The van der Waals surface area contributed by atoms with Crippen LogP contribution in [-0.2, 0) is 16.6 Å². The van der Waals surface area contributed by atoms with Crippen molar-refractivity contribution in [3.05, 3.63) is 52.7 Å². The Morgan fingerprint density at radius 3 is 2.77 bits per heavy atom. The second kappa shape index (κ2) is 8.98. The number of ether oxygens (including phenoxy) is 1. The quantitative estimate of drug-likeness (QED) is 0.712. The summed E-state index contributed by atoms with van der Waals surface area (Å²) in [5, 5.41) is 2.87. The first kappa shape index (κ1) is 20.2. The fraction of sp³-hybridized carbons (Fsp3) is 0.294. The summed E-state index contributed by atoms with van der Waals surface area (Å²) in [4.78, 5) is 16.6. The van der Waals surface area contributed by atoms with Gasteiger partial charge in [-0.05, 0) is 37.7 Å². The molecule has 2 aromatic rings. The number of sulfonamides is 1. The molecule has 140 valence electrons. The largest absolute Gasteiger partial charge is 0.477 e. The van der Waals surface area contributed by atoms with Gasteiger partial charge in [0.2, 0.25) is 15.9 Å². The van der Waals surface area contributed by atoms with Gasteiger partial charge in [-0.25, -0.2) is 18.1 Å². The zero-order valence-electron chi connectivity index (χ0n) is 14.5. The number of rotatable bonds is 8. The lowest BCUT2D eigenvalue weighted by Crippen LogP contribution is -2.25. The van der Waals surface area contributed by atoms with Gasteiger partial charge in [0.15, 0.2) is 0 Å². The minimum absolute atomic E-state index is 0.0390. The van der Waals surface area contributed by atoms with Crippen LogP contribution in [0, 0.1) is 0 Å². The molecule has 1 aromatic carbocycles. The summed E-state index contributed by atoms with van der Waals surface area (Å²) in [5.41, 5.74) is 0.785. The molecule has 0 fully saturated rings. The van der Waals surface area contributed by atoms with E-state index < -0.39 is 15.9 Å². The van der Waals surface area contributed by atoms with Crippen LogP contribution in [0.25, 0.3) is 0 Å². The van der Waals surface area contributed by atoms with Crippen molar-refractivity contribution in [1.82, 2.24) is 15.0 Å². The number of aromatic nitrogens is 1. The second-order valence-corrected chi connectivity index (χ2v) is 7.64. The van der Waals surface area contributed by atoms with Crippen molar-refractivity contribution >= 4 is 27.5 Å². The highest BCUT2D eigenvalue weighted by atomic mass is 35.5. The first-order valence-corrected chi connectivity index (χ1v) is 9.83. The monoisotopic (exact) mass is 397 g/mol. The van der Waals surface area contributed by atoms with Crippen molar-refractivity contribution in [2.75, 3.05) is 13.7 Å². The van der Waals surface area contributed by atoms with Gasteiger partial charge >= 0.3 is 0 Å². The summed E-state index contributed by atoms with van der Waals surface area (Å²) < 4.78 is 31.6. The predicted molar refractivity (Wildman–Crippen MR) is 98.9 cm³/mol. The maximum absolute atomic E-state index is 12.5. The Kier molecular flexibility index (Phi) is 6.96. The van der Waals surface area contributed by atoms with E-state index in [-0.39, 0.29) is 22.0 Å². The number of pyridine rings is 1. The molecule has 0 bridgehead atoms. The highest BCUT2D eigenvalue weighted by Gasteiger charge is 2.17. The Bertz CT molecular complexity index is 887. The van der Waals surface area contributed by atoms with Crippen LogP contribution < -0.4 is 14.8 Å². The van der Waals surface area contributed by atoms with Crippen LogP contribution >= 0.6 is 11.6 Å². The Labute approximate surface area is 157 Å². The van der Waals surface area contributed by atoms with Gasteiger partial charge in [-0.15, -0.1) is 0 Å². The van der Waals surface area contributed by atoms with E-state index in [9.17, 15) is 13.2 Å². The summed E-state index contributed by atoms with van der Waals surface area (Å²) >= 11 is 6.05. The van der Waals surface area contributed by atoms with Crippen LogP contribution in [0.1, 0.15) is 29.3 Å². The van der Waals surface area contributed by atoms with Crippen molar-refractivity contribution in [2.45, 2.75) is 24.8 Å². The third-order valence-electron chi connectivity index (χ3n) is 3.49. The van der Waals surface area contributed by atoms with Crippen LogP contribution in [-0.4, -0.2) is 33.0 Å². The standard InChI is InChI=1S/C17H20ClN3O4S/c1-3-9-25-17-12(5-4-8-20-17)11-21-16(22)14-10-13(6-7-15(14)18)26(23,24)19-2/h4-8,10,19H,3,9,11H2,1-2H3,(H,21,22). The molecule has 0 aliphatic rings. The van der Waals surface area contributed by atoms with E-state index in [1.807, 2.05) is 6.92 Å². The van der Waals surface area contributed by atoms with Gasteiger partial charge in [-0.1, -0.05) is 24.6 Å². The highest BCUT2D eigenvalue weighted by molar-refractivity contribution is 7.89. The molecule has 0 radical (unpaired) electrons. The molecule has 0 aliphatic heterocycles. The smallest absolute Gasteiger partial charge is 0.253 e. The number of halogens is 1. The van der Waals surface area contributed by atoms with Crippen molar-refractivity contribution in [1.29, 1.82) is 0 Å². The number of hydrogen-bond acceptors (Lipinski definition) is 5. The average molecular weight is 398 g/mol. The van der Waals surface area contributed by atoms with Crippen molar-refractivity contribution in [3.8, 4) is 5.88 Å². The summed E-state index contributed by atoms with van der Waals surface area (Å²) in [6, 6.07) is 7.49.